The van der Waals surface area contributed by atoms with E-state index in [1.165, 1.54) is 11.1 Å². The van der Waals surface area contributed by atoms with Gasteiger partial charge in [0.15, 0.2) is 0 Å². The first-order valence-corrected chi connectivity index (χ1v) is 6.55. The Morgan fingerprint density at radius 1 is 1.11 bits per heavy atom. The van der Waals surface area contributed by atoms with Crippen LogP contribution in [0.1, 0.15) is 41.1 Å². The summed E-state index contributed by atoms with van der Waals surface area (Å²) >= 11 is 0. The lowest BCUT2D eigenvalue weighted by Gasteiger charge is -2.26. The molecule has 0 bridgehead atoms. The van der Waals surface area contributed by atoms with Crippen molar-refractivity contribution in [3.8, 4) is 0 Å². The molecule has 0 saturated carbocycles. The quantitative estimate of drug-likeness (QED) is 0.893. The van der Waals surface area contributed by atoms with Gasteiger partial charge < -0.3 is 5.11 Å². The van der Waals surface area contributed by atoms with Gasteiger partial charge in [0.05, 0.1) is 0 Å². The number of hydrogen-bond donors (Lipinski definition) is 1. The maximum Gasteiger partial charge on any atom is 0.325 e. The van der Waals surface area contributed by atoms with Crippen LogP contribution in [0.15, 0.2) is 12.1 Å². The third-order valence-electron chi connectivity index (χ3n) is 3.92. The molecule has 1 atom stereocenters. The molecule has 1 saturated heterocycles. The number of carbonyl (C=O) groups is 1. The molecule has 1 aromatic carbocycles. The number of carboxylic acid groups (broad SMARTS) is 1. The molecular formula is C15H21NO2. The number of carboxylic acids is 1. The van der Waals surface area contributed by atoms with E-state index in [4.69, 9.17) is 0 Å². The first-order valence-electron chi connectivity index (χ1n) is 6.55. The minimum atomic E-state index is -0.733. The zero-order valence-corrected chi connectivity index (χ0v) is 11.4. The lowest BCUT2D eigenvalue weighted by Crippen LogP contribution is -2.32. The molecule has 0 radical (unpaired) electrons. The third kappa shape index (κ3) is 2.41. The number of aliphatic carboxylic acids is 1. The monoisotopic (exact) mass is 247 g/mol. The minimum Gasteiger partial charge on any atom is -0.480 e. The van der Waals surface area contributed by atoms with Crippen LogP contribution in [0.4, 0.5) is 0 Å². The summed E-state index contributed by atoms with van der Waals surface area (Å²) in [5.41, 5.74) is 4.42. The number of hydrogen-bond acceptors (Lipinski definition) is 2. The van der Waals surface area contributed by atoms with Crippen molar-refractivity contribution < 1.29 is 9.90 Å². The Hall–Kier alpha value is -1.35. The highest BCUT2D eigenvalue weighted by atomic mass is 16.4. The Kier molecular flexibility index (Phi) is 3.71. The van der Waals surface area contributed by atoms with Gasteiger partial charge in [-0.3, -0.25) is 9.69 Å². The van der Waals surface area contributed by atoms with Crippen molar-refractivity contribution in [3.05, 3.63) is 34.4 Å². The molecule has 0 amide bonds. The maximum atomic E-state index is 11.6. The second kappa shape index (κ2) is 5.11. The van der Waals surface area contributed by atoms with Crippen molar-refractivity contribution in [2.45, 2.75) is 39.7 Å². The molecule has 3 nitrogen and oxygen atoms in total. The van der Waals surface area contributed by atoms with Crippen molar-refractivity contribution in [2.24, 2.45) is 0 Å². The Bertz CT molecular complexity index is 462. The van der Waals surface area contributed by atoms with Crippen LogP contribution in [-0.4, -0.2) is 29.1 Å². The highest BCUT2D eigenvalue weighted by Crippen LogP contribution is 2.29. The van der Waals surface area contributed by atoms with Crippen LogP contribution >= 0.6 is 0 Å². The number of aryl methyl sites for hydroxylation is 3. The third-order valence-corrected chi connectivity index (χ3v) is 3.92. The van der Waals surface area contributed by atoms with Gasteiger partial charge in [0.2, 0.25) is 0 Å². The molecule has 0 aliphatic carbocycles. The minimum absolute atomic E-state index is 0.480. The van der Waals surface area contributed by atoms with Gasteiger partial charge in [-0.2, -0.15) is 0 Å². The lowest BCUT2D eigenvalue weighted by molar-refractivity contribution is -0.143. The van der Waals surface area contributed by atoms with Gasteiger partial charge in [-0.05, 0) is 69.0 Å². The van der Waals surface area contributed by atoms with Crippen molar-refractivity contribution >= 4 is 5.97 Å². The van der Waals surface area contributed by atoms with Crippen LogP contribution in [0, 0.1) is 20.8 Å². The zero-order valence-electron chi connectivity index (χ0n) is 11.4. The van der Waals surface area contributed by atoms with E-state index in [-0.39, 0.29) is 0 Å². The molecule has 3 heteroatoms. The van der Waals surface area contributed by atoms with Crippen molar-refractivity contribution in [1.29, 1.82) is 0 Å². The van der Waals surface area contributed by atoms with E-state index in [1.807, 2.05) is 19.9 Å². The molecule has 1 unspecified atom stereocenters. The fraction of sp³-hybridized carbons (Fsp3) is 0.533. The molecular weight excluding hydrogens is 226 g/mol. The summed E-state index contributed by atoms with van der Waals surface area (Å²) in [6, 6.07) is 3.66. The summed E-state index contributed by atoms with van der Waals surface area (Å²) in [7, 11) is 0. The summed E-state index contributed by atoms with van der Waals surface area (Å²) in [5, 5.41) is 9.53. The lowest BCUT2D eigenvalue weighted by atomic mass is 9.95. The molecule has 1 N–H and O–H groups in total. The average molecular weight is 247 g/mol. The molecule has 0 aromatic heterocycles. The SMILES string of the molecule is Cc1cc(C)c(C(C(=O)O)N2CCCC2)cc1C. The Morgan fingerprint density at radius 2 is 1.67 bits per heavy atom. The fourth-order valence-corrected chi connectivity index (χ4v) is 2.76. The average Bonchev–Trinajstić information content (AvgIpc) is 2.79. The standard InChI is InChI=1S/C15H21NO2/c1-10-8-12(3)13(9-11(10)2)14(15(17)18)16-6-4-5-7-16/h8-9,14H,4-7H2,1-3H3,(H,17,18). The van der Waals surface area contributed by atoms with Gasteiger partial charge in [-0.1, -0.05) is 12.1 Å². The van der Waals surface area contributed by atoms with Crippen molar-refractivity contribution in [2.75, 3.05) is 13.1 Å². The first-order chi connectivity index (χ1) is 8.50. The molecule has 98 valence electrons. The van der Waals surface area contributed by atoms with E-state index in [0.717, 1.165) is 37.1 Å². The van der Waals surface area contributed by atoms with Crippen molar-refractivity contribution in [3.63, 3.8) is 0 Å². The van der Waals surface area contributed by atoms with Crippen LogP contribution in [0.25, 0.3) is 0 Å². The van der Waals surface area contributed by atoms with E-state index < -0.39 is 12.0 Å². The summed E-state index contributed by atoms with van der Waals surface area (Å²) < 4.78 is 0. The number of rotatable bonds is 3. The van der Waals surface area contributed by atoms with Crippen LogP contribution in [0.3, 0.4) is 0 Å². The summed E-state index contributed by atoms with van der Waals surface area (Å²) in [6.45, 7) is 7.90. The fourth-order valence-electron chi connectivity index (χ4n) is 2.76. The topological polar surface area (TPSA) is 40.5 Å². The van der Waals surface area contributed by atoms with Gasteiger partial charge in [0.1, 0.15) is 6.04 Å². The molecule has 1 aliphatic rings. The maximum absolute atomic E-state index is 11.6. The predicted molar refractivity (Wildman–Crippen MR) is 71.8 cm³/mol. The van der Waals surface area contributed by atoms with Crippen LogP contribution in [-0.2, 0) is 4.79 Å². The predicted octanol–water partition coefficient (Wildman–Crippen LogP) is 2.83. The van der Waals surface area contributed by atoms with Crippen LogP contribution < -0.4 is 0 Å². The summed E-state index contributed by atoms with van der Waals surface area (Å²) in [4.78, 5) is 13.7. The van der Waals surface area contributed by atoms with Crippen LogP contribution in [0.5, 0.6) is 0 Å². The van der Waals surface area contributed by atoms with E-state index in [1.54, 1.807) is 0 Å². The van der Waals surface area contributed by atoms with E-state index in [9.17, 15) is 9.90 Å². The van der Waals surface area contributed by atoms with E-state index in [2.05, 4.69) is 17.9 Å². The second-order valence-electron chi connectivity index (χ2n) is 5.28. The molecule has 2 rings (SSSR count). The number of benzene rings is 1. The normalized spacial score (nSPS) is 17.9. The Morgan fingerprint density at radius 3 is 2.22 bits per heavy atom. The summed E-state index contributed by atoms with van der Waals surface area (Å²) in [5.74, 6) is -0.733. The molecule has 18 heavy (non-hydrogen) atoms. The van der Waals surface area contributed by atoms with Crippen LogP contribution in [0.2, 0.25) is 0 Å². The highest BCUT2D eigenvalue weighted by Gasteiger charge is 2.30. The van der Waals surface area contributed by atoms with Gasteiger partial charge in [-0.15, -0.1) is 0 Å². The number of nitrogens with zero attached hydrogens (tertiary/aromatic N) is 1. The largest absolute Gasteiger partial charge is 0.480 e. The zero-order chi connectivity index (χ0) is 13.3. The highest BCUT2D eigenvalue weighted by molar-refractivity contribution is 5.76. The Balaban J connectivity index is 2.42. The smallest absolute Gasteiger partial charge is 0.325 e. The molecule has 1 aromatic rings. The van der Waals surface area contributed by atoms with Gasteiger partial charge >= 0.3 is 5.97 Å². The van der Waals surface area contributed by atoms with E-state index in [0.29, 0.717) is 0 Å². The molecule has 1 fully saturated rings. The van der Waals surface area contributed by atoms with Gasteiger partial charge in [0, 0.05) is 0 Å². The van der Waals surface area contributed by atoms with E-state index >= 15 is 0 Å². The molecule has 1 heterocycles. The summed E-state index contributed by atoms with van der Waals surface area (Å²) in [6.07, 6.45) is 2.21. The number of likely N-dealkylation sites (tertiary alicyclic amines) is 1. The molecule has 0 spiro atoms. The molecule has 1 aliphatic heterocycles. The first kappa shape index (κ1) is 13.1. The van der Waals surface area contributed by atoms with Crippen molar-refractivity contribution in [1.82, 2.24) is 4.90 Å². The Labute approximate surface area is 108 Å². The second-order valence-corrected chi connectivity index (χ2v) is 5.28. The van der Waals surface area contributed by atoms with Gasteiger partial charge in [0.25, 0.3) is 0 Å². The van der Waals surface area contributed by atoms with Gasteiger partial charge in [-0.25, -0.2) is 0 Å².